The Morgan fingerprint density at radius 1 is 1.12 bits per heavy atom. The molecule has 0 saturated carbocycles. The predicted molar refractivity (Wildman–Crippen MR) is 108 cm³/mol. The van der Waals surface area contributed by atoms with E-state index in [1.165, 1.54) is 0 Å². The molecule has 0 fully saturated rings. The van der Waals surface area contributed by atoms with E-state index in [0.717, 1.165) is 22.0 Å². The van der Waals surface area contributed by atoms with Gasteiger partial charge in [-0.2, -0.15) is 0 Å². The molecule has 2 aromatic heterocycles. The van der Waals surface area contributed by atoms with Crippen LogP contribution in [0.4, 0.5) is 17.4 Å². The number of aromatic nitrogens is 2. The summed E-state index contributed by atoms with van der Waals surface area (Å²) >= 11 is 0. The number of hydrogen-bond donors (Lipinski definition) is 3. The highest BCUT2D eigenvalue weighted by atomic mass is 32.2. The monoisotopic (exact) mass is 366 g/mol. The maximum atomic E-state index is 11.8. The molecule has 0 aliphatic heterocycles. The predicted octanol–water partition coefficient (Wildman–Crippen LogP) is 4.24. The van der Waals surface area contributed by atoms with Crippen molar-refractivity contribution >= 4 is 43.7 Å². The Hall–Kier alpha value is -3.19. The van der Waals surface area contributed by atoms with Gasteiger partial charge < -0.3 is 19.4 Å². The zero-order valence-electron chi connectivity index (χ0n) is 14.2. The maximum absolute atomic E-state index is 11.8. The van der Waals surface area contributed by atoms with Crippen LogP contribution in [0.5, 0.6) is 0 Å². The molecule has 26 heavy (non-hydrogen) atoms. The summed E-state index contributed by atoms with van der Waals surface area (Å²) in [5.41, 5.74) is 2.44. The lowest BCUT2D eigenvalue weighted by Crippen LogP contribution is -2.09. The molecular formula is C19H18N4O2S. The molecule has 7 heteroatoms. The van der Waals surface area contributed by atoms with E-state index >= 15 is 0 Å². The first kappa shape index (κ1) is 16.3. The minimum atomic E-state index is -2.33. The van der Waals surface area contributed by atoms with E-state index in [4.69, 9.17) is 4.42 Å². The normalized spacial score (nSPS) is 13.4. The van der Waals surface area contributed by atoms with Gasteiger partial charge in [0.15, 0.2) is 5.76 Å². The minimum Gasteiger partial charge on any atom is -0.423 e. The maximum Gasteiger partial charge on any atom is 0.299 e. The Labute approximate surface area is 151 Å². The van der Waals surface area contributed by atoms with Gasteiger partial charge in [-0.1, -0.05) is 18.2 Å². The van der Waals surface area contributed by atoms with Crippen molar-refractivity contribution in [1.82, 2.24) is 9.97 Å². The number of benzene rings is 2. The molecular weight excluding hydrogens is 348 g/mol. The number of anilines is 3. The van der Waals surface area contributed by atoms with Crippen LogP contribution in [0, 0.1) is 0 Å². The zero-order chi connectivity index (χ0) is 18.1. The molecule has 1 atom stereocenters. The molecule has 2 aromatic carbocycles. The first-order chi connectivity index (χ1) is 12.5. The molecule has 0 saturated heterocycles. The highest BCUT2D eigenvalue weighted by molar-refractivity contribution is 8.00. The number of fused-ring (bicyclic) bond motifs is 1. The first-order valence-electron chi connectivity index (χ1n) is 7.96. The first-order valence-corrected chi connectivity index (χ1v) is 10.1. The van der Waals surface area contributed by atoms with Crippen molar-refractivity contribution in [2.24, 2.45) is 0 Å². The van der Waals surface area contributed by atoms with E-state index in [0.29, 0.717) is 17.5 Å². The van der Waals surface area contributed by atoms with E-state index in [2.05, 4.69) is 25.9 Å². The number of aromatic amines is 1. The fourth-order valence-corrected chi connectivity index (χ4v) is 3.33. The molecule has 1 unspecified atom stereocenters. The standard InChI is InChI=1S/C19H18N4O2S/c1-26(2,24)23-17-5-3-4-16(9-17)22-19-21-12-18(25-19)13-6-7-14-10-20-11-15(14)8-13/h3-12,20H,1H2,2H3,(H,21,22)(H,23,24). The number of nitrogens with one attached hydrogen (secondary N) is 3. The molecule has 3 N–H and O–H groups in total. The summed E-state index contributed by atoms with van der Waals surface area (Å²) in [4.78, 5) is 7.37. The van der Waals surface area contributed by atoms with Crippen LogP contribution >= 0.6 is 0 Å². The number of rotatable bonds is 5. The highest BCUT2D eigenvalue weighted by Gasteiger charge is 2.08. The summed E-state index contributed by atoms with van der Waals surface area (Å²) in [6, 6.07) is 13.8. The zero-order valence-corrected chi connectivity index (χ0v) is 15.0. The lowest BCUT2D eigenvalue weighted by Gasteiger charge is -2.09. The van der Waals surface area contributed by atoms with Crippen molar-refractivity contribution < 1.29 is 8.63 Å². The highest BCUT2D eigenvalue weighted by Crippen LogP contribution is 2.28. The van der Waals surface area contributed by atoms with Crippen LogP contribution in [0.25, 0.3) is 22.1 Å². The van der Waals surface area contributed by atoms with Gasteiger partial charge >= 0.3 is 0 Å². The molecule has 132 valence electrons. The molecule has 0 bridgehead atoms. The fourth-order valence-electron chi connectivity index (χ4n) is 2.70. The van der Waals surface area contributed by atoms with Gasteiger partial charge in [-0.3, -0.25) is 0 Å². The van der Waals surface area contributed by atoms with Crippen LogP contribution in [0.15, 0.2) is 65.5 Å². The molecule has 0 spiro atoms. The summed E-state index contributed by atoms with van der Waals surface area (Å²) in [5, 5.41) is 5.38. The third kappa shape index (κ3) is 3.57. The minimum absolute atomic E-state index is 0.387. The number of hydrogen-bond acceptors (Lipinski definition) is 4. The van der Waals surface area contributed by atoms with Crippen molar-refractivity contribution in [3.05, 3.63) is 61.1 Å². The SMILES string of the molecule is C=S(C)(=O)Nc1cccc(Nc2ncc(-c3ccc4c[nH]cc4c3)o2)c1. The van der Waals surface area contributed by atoms with E-state index in [1.54, 1.807) is 12.5 Å². The average molecular weight is 366 g/mol. The van der Waals surface area contributed by atoms with Crippen molar-refractivity contribution in [2.45, 2.75) is 0 Å². The van der Waals surface area contributed by atoms with Gasteiger partial charge in [0.2, 0.25) is 0 Å². The van der Waals surface area contributed by atoms with Gasteiger partial charge in [0.25, 0.3) is 6.01 Å². The molecule has 2 heterocycles. The second-order valence-electron chi connectivity index (χ2n) is 6.14. The van der Waals surface area contributed by atoms with Crippen LogP contribution in [-0.2, 0) is 9.71 Å². The van der Waals surface area contributed by atoms with Gasteiger partial charge in [-0.05, 0) is 40.9 Å². The summed E-state index contributed by atoms with van der Waals surface area (Å²) in [6.07, 6.45) is 7.14. The van der Waals surface area contributed by atoms with Crippen LogP contribution in [0.1, 0.15) is 0 Å². The van der Waals surface area contributed by atoms with Crippen LogP contribution in [0.2, 0.25) is 0 Å². The number of H-pyrrole nitrogens is 1. The van der Waals surface area contributed by atoms with E-state index in [-0.39, 0.29) is 0 Å². The third-order valence-electron chi connectivity index (χ3n) is 3.80. The summed E-state index contributed by atoms with van der Waals surface area (Å²) in [7, 11) is -2.33. The quantitative estimate of drug-likeness (QED) is 0.461. The van der Waals surface area contributed by atoms with Crippen molar-refractivity contribution in [3.63, 3.8) is 0 Å². The second kappa shape index (κ2) is 6.27. The van der Waals surface area contributed by atoms with Gasteiger partial charge in [-0.15, -0.1) is 0 Å². The summed E-state index contributed by atoms with van der Waals surface area (Å²) in [6.45, 7) is 0. The number of nitrogens with zero attached hydrogens (tertiary/aromatic N) is 1. The molecule has 0 aliphatic carbocycles. The third-order valence-corrected chi connectivity index (χ3v) is 4.47. The van der Waals surface area contributed by atoms with E-state index in [9.17, 15) is 4.21 Å². The Morgan fingerprint density at radius 3 is 2.77 bits per heavy atom. The molecule has 0 aliphatic rings. The van der Waals surface area contributed by atoms with E-state index < -0.39 is 9.71 Å². The Kier molecular flexibility index (Phi) is 3.93. The van der Waals surface area contributed by atoms with Gasteiger partial charge in [0.05, 0.1) is 6.20 Å². The van der Waals surface area contributed by atoms with Crippen LogP contribution in [-0.4, -0.2) is 26.3 Å². The Balaban J connectivity index is 1.56. The lowest BCUT2D eigenvalue weighted by molar-refractivity contribution is 0.592. The van der Waals surface area contributed by atoms with Gasteiger partial charge in [0, 0.05) is 45.3 Å². The van der Waals surface area contributed by atoms with Gasteiger partial charge in [0.1, 0.15) is 0 Å². The molecule has 4 aromatic rings. The van der Waals surface area contributed by atoms with Gasteiger partial charge in [-0.25, -0.2) is 9.19 Å². The summed E-state index contributed by atoms with van der Waals surface area (Å²) < 4.78 is 20.5. The van der Waals surface area contributed by atoms with Crippen LogP contribution in [0.3, 0.4) is 0 Å². The van der Waals surface area contributed by atoms with E-state index in [1.807, 2.05) is 54.9 Å². The van der Waals surface area contributed by atoms with Crippen LogP contribution < -0.4 is 10.0 Å². The molecule has 0 amide bonds. The lowest BCUT2D eigenvalue weighted by atomic mass is 10.1. The van der Waals surface area contributed by atoms with Crippen molar-refractivity contribution in [1.29, 1.82) is 0 Å². The average Bonchev–Trinajstić information content (AvgIpc) is 3.21. The molecule has 4 rings (SSSR count). The smallest absolute Gasteiger partial charge is 0.299 e. The second-order valence-corrected chi connectivity index (χ2v) is 8.36. The Morgan fingerprint density at radius 2 is 1.92 bits per heavy atom. The van der Waals surface area contributed by atoms with Crippen molar-refractivity contribution in [3.8, 4) is 11.3 Å². The fraction of sp³-hybridized carbons (Fsp3) is 0.0526. The summed E-state index contributed by atoms with van der Waals surface area (Å²) in [5.74, 6) is 4.28. The Bertz CT molecular complexity index is 1170. The number of oxazole rings is 1. The van der Waals surface area contributed by atoms with Crippen molar-refractivity contribution in [2.75, 3.05) is 16.3 Å². The molecule has 0 radical (unpaired) electrons. The largest absolute Gasteiger partial charge is 0.423 e. The molecule has 6 nitrogen and oxygen atoms in total. The topological polar surface area (TPSA) is 83.0 Å².